The molecular weight excluding hydrogens is 266 g/mol. The van der Waals surface area contributed by atoms with Gasteiger partial charge in [-0.25, -0.2) is 0 Å². The lowest BCUT2D eigenvalue weighted by Crippen LogP contribution is -2.08. The molecule has 2 heterocycles. The molecule has 0 fully saturated rings. The topological polar surface area (TPSA) is 4.93 Å². The van der Waals surface area contributed by atoms with Gasteiger partial charge in [0.05, 0.1) is 0 Å². The Bertz CT molecular complexity index is 469. The van der Waals surface area contributed by atoms with Crippen LogP contribution in [0.15, 0.2) is 0 Å². The molecule has 0 bridgehead atoms. The quantitative estimate of drug-likeness (QED) is 0.543. The van der Waals surface area contributed by atoms with E-state index in [1.165, 1.54) is 103 Å². The first-order valence-electron chi connectivity index (χ1n) is 10.1. The Labute approximate surface area is 137 Å². The molecule has 0 atom stereocenters. The molecule has 1 aromatic rings. The van der Waals surface area contributed by atoms with Gasteiger partial charge in [0.15, 0.2) is 0 Å². The third kappa shape index (κ3) is 3.78. The molecule has 3 rings (SSSR count). The van der Waals surface area contributed by atoms with Crippen LogP contribution in [0.2, 0.25) is 0 Å². The summed E-state index contributed by atoms with van der Waals surface area (Å²) >= 11 is 0. The molecule has 0 saturated carbocycles. The van der Waals surface area contributed by atoms with Crippen LogP contribution in [0.1, 0.15) is 99.6 Å². The first-order chi connectivity index (χ1) is 10.9. The van der Waals surface area contributed by atoms with Gasteiger partial charge in [0.2, 0.25) is 0 Å². The molecule has 1 nitrogen and oxygen atoms in total. The maximum Gasteiger partial charge on any atom is 0.0225 e. The van der Waals surface area contributed by atoms with Gasteiger partial charge in [0.1, 0.15) is 0 Å². The standard InChI is InChI=1S/C21H35N/c1-18-19-14-10-6-5-8-12-16-21(19)22-17-13-9-4-2-3-7-11-15-20(18)22/h2-17H2,1H3. The SMILES string of the molecule is Cc1c2c(n3c1CCCCCCCCC3)CCCCCCC2. The predicted molar refractivity (Wildman–Crippen MR) is 95.7 cm³/mol. The summed E-state index contributed by atoms with van der Waals surface area (Å²) in [6, 6.07) is 0. The van der Waals surface area contributed by atoms with E-state index in [0.717, 1.165) is 0 Å². The minimum Gasteiger partial charge on any atom is -0.348 e. The first kappa shape index (κ1) is 16.1. The fraction of sp³-hybridized carbons (Fsp3) is 0.810. The summed E-state index contributed by atoms with van der Waals surface area (Å²) in [7, 11) is 0. The Kier molecular flexibility index (Phi) is 6.04. The van der Waals surface area contributed by atoms with Crippen molar-refractivity contribution in [1.82, 2.24) is 4.57 Å². The second-order valence-corrected chi connectivity index (χ2v) is 7.64. The molecule has 0 saturated heterocycles. The molecule has 0 unspecified atom stereocenters. The highest BCUT2D eigenvalue weighted by atomic mass is 15.0. The van der Waals surface area contributed by atoms with Gasteiger partial charge in [-0.3, -0.25) is 0 Å². The van der Waals surface area contributed by atoms with Crippen molar-refractivity contribution in [3.63, 3.8) is 0 Å². The zero-order valence-electron chi connectivity index (χ0n) is 14.8. The summed E-state index contributed by atoms with van der Waals surface area (Å²) in [5.74, 6) is 0. The minimum absolute atomic E-state index is 1.30. The second-order valence-electron chi connectivity index (χ2n) is 7.64. The van der Waals surface area contributed by atoms with Crippen molar-refractivity contribution in [3.8, 4) is 0 Å². The van der Waals surface area contributed by atoms with Crippen molar-refractivity contribution in [2.24, 2.45) is 0 Å². The van der Waals surface area contributed by atoms with Crippen LogP contribution < -0.4 is 0 Å². The molecular formula is C21H35N. The molecule has 1 heteroatoms. The Morgan fingerprint density at radius 3 is 1.73 bits per heavy atom. The first-order valence-corrected chi connectivity index (χ1v) is 10.1. The van der Waals surface area contributed by atoms with E-state index in [2.05, 4.69) is 11.5 Å². The summed E-state index contributed by atoms with van der Waals surface area (Å²) < 4.78 is 2.79. The van der Waals surface area contributed by atoms with Crippen LogP contribution in [0.25, 0.3) is 0 Å². The number of hydrogen-bond acceptors (Lipinski definition) is 0. The van der Waals surface area contributed by atoms with Crippen LogP contribution in [0.4, 0.5) is 0 Å². The molecule has 22 heavy (non-hydrogen) atoms. The highest BCUT2D eigenvalue weighted by molar-refractivity contribution is 5.38. The van der Waals surface area contributed by atoms with E-state index in [-0.39, 0.29) is 0 Å². The fourth-order valence-electron chi connectivity index (χ4n) is 4.70. The lowest BCUT2D eigenvalue weighted by molar-refractivity contribution is 0.543. The molecule has 0 radical (unpaired) electrons. The minimum atomic E-state index is 1.30. The Morgan fingerprint density at radius 1 is 0.545 bits per heavy atom. The van der Waals surface area contributed by atoms with Gasteiger partial charge in [0, 0.05) is 17.9 Å². The van der Waals surface area contributed by atoms with Crippen molar-refractivity contribution in [1.29, 1.82) is 0 Å². The van der Waals surface area contributed by atoms with E-state index in [0.29, 0.717) is 0 Å². The monoisotopic (exact) mass is 301 g/mol. The van der Waals surface area contributed by atoms with Crippen molar-refractivity contribution >= 4 is 0 Å². The summed E-state index contributed by atoms with van der Waals surface area (Å²) in [4.78, 5) is 0. The van der Waals surface area contributed by atoms with Crippen LogP contribution in [0.3, 0.4) is 0 Å². The molecule has 0 spiro atoms. The van der Waals surface area contributed by atoms with Crippen LogP contribution >= 0.6 is 0 Å². The van der Waals surface area contributed by atoms with Gasteiger partial charge in [-0.05, 0) is 63.0 Å². The molecule has 124 valence electrons. The highest BCUT2D eigenvalue weighted by Crippen LogP contribution is 2.30. The van der Waals surface area contributed by atoms with Gasteiger partial charge >= 0.3 is 0 Å². The predicted octanol–water partition coefficient (Wildman–Crippen LogP) is 6.13. The van der Waals surface area contributed by atoms with E-state index >= 15 is 0 Å². The third-order valence-electron chi connectivity index (χ3n) is 6.02. The van der Waals surface area contributed by atoms with E-state index in [4.69, 9.17) is 0 Å². The van der Waals surface area contributed by atoms with Gasteiger partial charge in [-0.2, -0.15) is 0 Å². The molecule has 0 N–H and O–H groups in total. The van der Waals surface area contributed by atoms with Crippen molar-refractivity contribution < 1.29 is 0 Å². The highest BCUT2D eigenvalue weighted by Gasteiger charge is 2.20. The van der Waals surface area contributed by atoms with E-state index in [1.807, 2.05) is 0 Å². The molecule has 2 aliphatic rings. The van der Waals surface area contributed by atoms with Crippen LogP contribution in [0, 0.1) is 6.92 Å². The van der Waals surface area contributed by atoms with Crippen LogP contribution in [-0.4, -0.2) is 4.57 Å². The van der Waals surface area contributed by atoms with Crippen LogP contribution in [0.5, 0.6) is 0 Å². The Morgan fingerprint density at radius 2 is 1.05 bits per heavy atom. The summed E-state index contributed by atoms with van der Waals surface area (Å²) in [5, 5.41) is 0. The molecule has 1 aliphatic heterocycles. The number of hydrogen-bond donors (Lipinski definition) is 0. The molecule has 1 aromatic heterocycles. The lowest BCUT2D eigenvalue weighted by Gasteiger charge is -2.14. The average molecular weight is 302 g/mol. The number of aromatic nitrogens is 1. The zero-order valence-corrected chi connectivity index (χ0v) is 14.8. The van der Waals surface area contributed by atoms with E-state index < -0.39 is 0 Å². The van der Waals surface area contributed by atoms with Gasteiger partial charge in [-0.15, -0.1) is 0 Å². The number of fused-ring (bicyclic) bond motifs is 3. The van der Waals surface area contributed by atoms with Gasteiger partial charge in [0.25, 0.3) is 0 Å². The second kappa shape index (κ2) is 8.22. The van der Waals surface area contributed by atoms with E-state index in [9.17, 15) is 0 Å². The molecule has 0 aromatic carbocycles. The summed E-state index contributed by atoms with van der Waals surface area (Å²) in [6.45, 7) is 3.73. The smallest absolute Gasteiger partial charge is 0.0225 e. The maximum absolute atomic E-state index is 2.79. The molecule has 0 amide bonds. The fourth-order valence-corrected chi connectivity index (χ4v) is 4.70. The van der Waals surface area contributed by atoms with Crippen molar-refractivity contribution in [2.45, 2.75) is 110 Å². The number of nitrogens with zero attached hydrogens (tertiary/aromatic N) is 1. The Balaban J connectivity index is 1.90. The largest absolute Gasteiger partial charge is 0.348 e. The van der Waals surface area contributed by atoms with Crippen molar-refractivity contribution in [2.75, 3.05) is 0 Å². The summed E-state index contributed by atoms with van der Waals surface area (Å²) in [5.41, 5.74) is 6.89. The normalized spacial score (nSPS) is 21.7. The third-order valence-corrected chi connectivity index (χ3v) is 6.02. The lowest BCUT2D eigenvalue weighted by atomic mass is 10.0. The molecule has 1 aliphatic carbocycles. The summed E-state index contributed by atoms with van der Waals surface area (Å²) in [6.07, 6.45) is 21.2. The van der Waals surface area contributed by atoms with Crippen LogP contribution in [-0.2, 0) is 25.8 Å². The Hall–Kier alpha value is -0.720. The number of rotatable bonds is 0. The zero-order chi connectivity index (χ0) is 15.2. The maximum atomic E-state index is 2.79. The van der Waals surface area contributed by atoms with Gasteiger partial charge < -0.3 is 4.57 Å². The van der Waals surface area contributed by atoms with Gasteiger partial charge in [-0.1, -0.05) is 51.4 Å². The van der Waals surface area contributed by atoms with E-state index in [1.54, 1.807) is 22.5 Å². The average Bonchev–Trinajstić information content (AvgIpc) is 2.80. The van der Waals surface area contributed by atoms with Crippen molar-refractivity contribution in [3.05, 3.63) is 22.5 Å².